The SMILES string of the molecule is CC(CS(C)=O)NC(=O)NC1(C(=O)O)CCOC1. The van der Waals surface area contributed by atoms with Crippen LogP contribution in [-0.4, -0.2) is 58.1 Å². The van der Waals surface area contributed by atoms with Gasteiger partial charge in [-0.05, 0) is 6.92 Å². The zero-order chi connectivity index (χ0) is 13.8. The number of ether oxygens (including phenoxy) is 1. The molecule has 1 aliphatic rings. The summed E-state index contributed by atoms with van der Waals surface area (Å²) >= 11 is 0. The van der Waals surface area contributed by atoms with E-state index in [2.05, 4.69) is 10.6 Å². The number of carbonyl (C=O) groups excluding carboxylic acids is 1. The molecule has 0 radical (unpaired) electrons. The minimum Gasteiger partial charge on any atom is -0.479 e. The van der Waals surface area contributed by atoms with E-state index in [0.29, 0.717) is 12.4 Å². The fourth-order valence-corrected chi connectivity index (χ4v) is 2.54. The molecular formula is C10H18N2O5S. The van der Waals surface area contributed by atoms with E-state index < -0.39 is 28.3 Å². The molecule has 1 aliphatic heterocycles. The van der Waals surface area contributed by atoms with Gasteiger partial charge in [-0.1, -0.05) is 0 Å². The molecule has 104 valence electrons. The van der Waals surface area contributed by atoms with Crippen LogP contribution < -0.4 is 10.6 Å². The van der Waals surface area contributed by atoms with Crippen molar-refractivity contribution in [3.63, 3.8) is 0 Å². The van der Waals surface area contributed by atoms with Crippen LogP contribution in [0, 0.1) is 0 Å². The van der Waals surface area contributed by atoms with Gasteiger partial charge in [0.1, 0.15) is 0 Å². The molecule has 0 aromatic carbocycles. The van der Waals surface area contributed by atoms with Crippen molar-refractivity contribution in [1.29, 1.82) is 0 Å². The first kappa shape index (κ1) is 14.9. The smallest absolute Gasteiger partial charge is 0.332 e. The molecule has 7 nitrogen and oxygen atoms in total. The van der Waals surface area contributed by atoms with Crippen LogP contribution in [0.3, 0.4) is 0 Å². The number of amides is 2. The lowest BCUT2D eigenvalue weighted by atomic mass is 9.99. The van der Waals surface area contributed by atoms with Gasteiger partial charge in [0.05, 0.1) is 6.61 Å². The summed E-state index contributed by atoms with van der Waals surface area (Å²) < 4.78 is 16.0. The molecule has 0 aromatic rings. The van der Waals surface area contributed by atoms with Gasteiger partial charge in [0.25, 0.3) is 0 Å². The second-order valence-corrected chi connectivity index (χ2v) is 5.91. The molecule has 0 aromatic heterocycles. The van der Waals surface area contributed by atoms with Crippen LogP contribution in [0.4, 0.5) is 4.79 Å². The number of hydrogen-bond acceptors (Lipinski definition) is 4. The quantitative estimate of drug-likeness (QED) is 0.616. The lowest BCUT2D eigenvalue weighted by Crippen LogP contribution is -2.59. The van der Waals surface area contributed by atoms with E-state index in [1.54, 1.807) is 13.2 Å². The Labute approximate surface area is 108 Å². The van der Waals surface area contributed by atoms with E-state index in [1.807, 2.05) is 0 Å². The average molecular weight is 278 g/mol. The number of nitrogens with one attached hydrogen (secondary N) is 2. The van der Waals surface area contributed by atoms with Gasteiger partial charge in [-0.25, -0.2) is 9.59 Å². The normalized spacial score (nSPS) is 26.3. The summed E-state index contributed by atoms with van der Waals surface area (Å²) in [7, 11) is -1.02. The van der Waals surface area contributed by atoms with Crippen molar-refractivity contribution >= 4 is 22.8 Å². The number of urea groups is 1. The van der Waals surface area contributed by atoms with Crippen molar-refractivity contribution in [2.45, 2.75) is 24.9 Å². The Morgan fingerprint density at radius 3 is 2.67 bits per heavy atom. The van der Waals surface area contributed by atoms with E-state index in [0.717, 1.165) is 0 Å². The van der Waals surface area contributed by atoms with Crippen LogP contribution in [0.2, 0.25) is 0 Å². The zero-order valence-corrected chi connectivity index (χ0v) is 11.2. The highest BCUT2D eigenvalue weighted by Crippen LogP contribution is 2.18. The van der Waals surface area contributed by atoms with E-state index in [9.17, 15) is 13.8 Å². The van der Waals surface area contributed by atoms with Gasteiger partial charge in [0.2, 0.25) is 0 Å². The molecular weight excluding hydrogens is 260 g/mol. The Balaban J connectivity index is 2.52. The molecule has 8 heteroatoms. The highest BCUT2D eigenvalue weighted by Gasteiger charge is 2.44. The highest BCUT2D eigenvalue weighted by atomic mass is 32.2. The largest absolute Gasteiger partial charge is 0.479 e. The third kappa shape index (κ3) is 3.95. The maximum Gasteiger partial charge on any atom is 0.332 e. The van der Waals surface area contributed by atoms with Crippen LogP contribution >= 0.6 is 0 Å². The van der Waals surface area contributed by atoms with Gasteiger partial charge in [-0.3, -0.25) is 4.21 Å². The first-order valence-corrected chi connectivity index (χ1v) is 7.28. The summed E-state index contributed by atoms with van der Waals surface area (Å²) in [6.07, 6.45) is 1.78. The van der Waals surface area contributed by atoms with Crippen molar-refractivity contribution in [2.75, 3.05) is 25.2 Å². The topological polar surface area (TPSA) is 105 Å². The third-order valence-corrected chi connectivity index (χ3v) is 3.62. The average Bonchev–Trinajstić information content (AvgIpc) is 2.65. The van der Waals surface area contributed by atoms with Crippen LogP contribution in [0.5, 0.6) is 0 Å². The number of carbonyl (C=O) groups is 2. The standard InChI is InChI=1S/C10H18N2O5S/c1-7(5-18(2)16)11-9(15)12-10(8(13)14)3-4-17-6-10/h7H,3-6H2,1-2H3,(H,13,14)(H2,11,12,15). The summed E-state index contributed by atoms with van der Waals surface area (Å²) in [5.74, 6) is -0.786. The zero-order valence-electron chi connectivity index (χ0n) is 10.4. The van der Waals surface area contributed by atoms with Gasteiger partial charge >= 0.3 is 12.0 Å². The van der Waals surface area contributed by atoms with Gasteiger partial charge < -0.3 is 20.5 Å². The van der Waals surface area contributed by atoms with Crippen LogP contribution in [0.15, 0.2) is 0 Å². The number of aliphatic carboxylic acids is 1. The van der Waals surface area contributed by atoms with Gasteiger partial charge in [0, 0.05) is 41.9 Å². The van der Waals surface area contributed by atoms with Crippen molar-refractivity contribution in [2.24, 2.45) is 0 Å². The Morgan fingerprint density at radius 2 is 2.22 bits per heavy atom. The summed E-state index contributed by atoms with van der Waals surface area (Å²) in [6.45, 7) is 1.98. The summed E-state index contributed by atoms with van der Waals surface area (Å²) in [6, 6.07) is -0.871. The highest BCUT2D eigenvalue weighted by molar-refractivity contribution is 7.84. The van der Waals surface area contributed by atoms with Crippen molar-refractivity contribution in [1.82, 2.24) is 10.6 Å². The molecule has 1 fully saturated rings. The summed E-state index contributed by atoms with van der Waals surface area (Å²) in [5, 5.41) is 14.1. The molecule has 1 rings (SSSR count). The lowest BCUT2D eigenvalue weighted by molar-refractivity contribution is -0.144. The second-order valence-electron chi connectivity index (χ2n) is 4.43. The monoisotopic (exact) mass is 278 g/mol. The van der Waals surface area contributed by atoms with Crippen molar-refractivity contribution in [3.8, 4) is 0 Å². The third-order valence-electron chi connectivity index (χ3n) is 2.65. The Bertz CT molecular complexity index is 354. The Hall–Kier alpha value is -1.15. The van der Waals surface area contributed by atoms with E-state index in [-0.39, 0.29) is 19.1 Å². The molecule has 1 heterocycles. The number of rotatable bonds is 5. The number of carboxylic acid groups (broad SMARTS) is 1. The van der Waals surface area contributed by atoms with Gasteiger partial charge in [0.15, 0.2) is 5.54 Å². The lowest BCUT2D eigenvalue weighted by Gasteiger charge is -2.25. The molecule has 18 heavy (non-hydrogen) atoms. The Kier molecular flexibility index (Phi) is 5.09. The minimum atomic E-state index is -1.35. The molecule has 0 spiro atoms. The first-order chi connectivity index (χ1) is 8.35. The first-order valence-electron chi connectivity index (χ1n) is 5.55. The minimum absolute atomic E-state index is 0.0379. The van der Waals surface area contributed by atoms with E-state index in [4.69, 9.17) is 9.84 Å². The maximum absolute atomic E-state index is 11.7. The predicted molar refractivity (Wildman–Crippen MR) is 65.9 cm³/mol. The maximum atomic E-state index is 11.7. The van der Waals surface area contributed by atoms with Crippen molar-refractivity contribution < 1.29 is 23.6 Å². The van der Waals surface area contributed by atoms with Gasteiger partial charge in [-0.2, -0.15) is 0 Å². The Morgan fingerprint density at radius 1 is 1.56 bits per heavy atom. The fraction of sp³-hybridized carbons (Fsp3) is 0.800. The summed E-state index contributed by atoms with van der Waals surface area (Å²) in [5.41, 5.74) is -1.35. The van der Waals surface area contributed by atoms with E-state index >= 15 is 0 Å². The molecule has 0 aliphatic carbocycles. The van der Waals surface area contributed by atoms with Gasteiger partial charge in [-0.15, -0.1) is 0 Å². The number of carboxylic acids is 1. The number of hydrogen-bond donors (Lipinski definition) is 3. The molecule has 3 unspecified atom stereocenters. The molecule has 1 saturated heterocycles. The van der Waals surface area contributed by atoms with Crippen LogP contribution in [0.25, 0.3) is 0 Å². The molecule has 3 N–H and O–H groups in total. The fourth-order valence-electron chi connectivity index (χ4n) is 1.76. The van der Waals surface area contributed by atoms with Crippen LogP contribution in [-0.2, 0) is 20.3 Å². The molecule has 0 bridgehead atoms. The summed E-state index contributed by atoms with van der Waals surface area (Å²) in [4.78, 5) is 22.8. The molecule has 0 saturated carbocycles. The van der Waals surface area contributed by atoms with Crippen molar-refractivity contribution in [3.05, 3.63) is 0 Å². The second kappa shape index (κ2) is 6.14. The molecule has 3 atom stereocenters. The van der Waals surface area contributed by atoms with E-state index in [1.165, 1.54) is 0 Å². The molecule has 2 amide bonds. The predicted octanol–water partition coefficient (Wildman–Crippen LogP) is -0.704. The van der Waals surface area contributed by atoms with Crippen LogP contribution in [0.1, 0.15) is 13.3 Å².